The highest BCUT2D eigenvalue weighted by molar-refractivity contribution is 5.89. The molecule has 1 atom stereocenters. The Morgan fingerprint density at radius 2 is 2.19 bits per heavy atom. The van der Waals surface area contributed by atoms with Crippen molar-refractivity contribution in [2.45, 2.75) is 26.8 Å². The van der Waals surface area contributed by atoms with Gasteiger partial charge in [0.15, 0.2) is 5.82 Å². The van der Waals surface area contributed by atoms with Crippen LogP contribution in [0.15, 0.2) is 24.4 Å². The number of aromatic nitrogens is 3. The zero-order valence-corrected chi connectivity index (χ0v) is 12.3. The number of pyridine rings is 1. The van der Waals surface area contributed by atoms with Crippen LogP contribution in [0.4, 0.5) is 10.5 Å². The Bertz CT molecular complexity index is 621. The Morgan fingerprint density at radius 1 is 1.43 bits per heavy atom. The molecule has 0 saturated carbocycles. The molecule has 2 rings (SSSR count). The molecule has 112 valence electrons. The highest BCUT2D eigenvalue weighted by Gasteiger charge is 2.08. The molecule has 0 bridgehead atoms. The monoisotopic (exact) mass is 289 g/mol. The van der Waals surface area contributed by atoms with E-state index in [2.05, 4.69) is 20.7 Å². The van der Waals surface area contributed by atoms with E-state index in [1.165, 1.54) is 0 Å². The van der Waals surface area contributed by atoms with Gasteiger partial charge in [0.25, 0.3) is 0 Å². The molecule has 2 aromatic heterocycles. The van der Waals surface area contributed by atoms with E-state index in [4.69, 9.17) is 5.11 Å². The Morgan fingerprint density at radius 3 is 2.71 bits per heavy atom. The van der Waals surface area contributed by atoms with Gasteiger partial charge >= 0.3 is 6.03 Å². The molecule has 2 heterocycles. The van der Waals surface area contributed by atoms with E-state index < -0.39 is 0 Å². The van der Waals surface area contributed by atoms with Gasteiger partial charge in [0.2, 0.25) is 0 Å². The number of nitrogens with zero attached hydrogens (tertiary/aromatic N) is 3. The van der Waals surface area contributed by atoms with Crippen LogP contribution >= 0.6 is 0 Å². The minimum atomic E-state index is -0.378. The van der Waals surface area contributed by atoms with Crippen molar-refractivity contribution in [3.63, 3.8) is 0 Å². The third-order valence-corrected chi connectivity index (χ3v) is 2.88. The second-order valence-corrected chi connectivity index (χ2v) is 4.93. The maximum Gasteiger partial charge on any atom is 0.319 e. The van der Waals surface area contributed by atoms with Gasteiger partial charge in [0, 0.05) is 5.69 Å². The highest BCUT2D eigenvalue weighted by Crippen LogP contribution is 2.12. The Kier molecular flexibility index (Phi) is 4.54. The first-order valence-electron chi connectivity index (χ1n) is 6.67. The van der Waals surface area contributed by atoms with Crippen LogP contribution in [-0.4, -0.2) is 38.6 Å². The van der Waals surface area contributed by atoms with E-state index in [9.17, 15) is 4.79 Å². The molecular formula is C14H19N5O2. The van der Waals surface area contributed by atoms with Crippen LogP contribution in [0.25, 0.3) is 5.82 Å². The van der Waals surface area contributed by atoms with Gasteiger partial charge in [0.1, 0.15) is 0 Å². The first kappa shape index (κ1) is 15.0. The van der Waals surface area contributed by atoms with Crippen LogP contribution in [0, 0.1) is 13.8 Å². The number of carbonyl (C=O) groups excluding carboxylic acids is 1. The van der Waals surface area contributed by atoms with Crippen molar-refractivity contribution in [2.24, 2.45) is 0 Å². The maximum atomic E-state index is 11.6. The zero-order valence-electron chi connectivity index (χ0n) is 12.3. The molecule has 7 nitrogen and oxygen atoms in total. The van der Waals surface area contributed by atoms with E-state index in [0.29, 0.717) is 11.5 Å². The third kappa shape index (κ3) is 3.79. The largest absolute Gasteiger partial charge is 0.394 e. The second-order valence-electron chi connectivity index (χ2n) is 4.93. The lowest BCUT2D eigenvalue weighted by Crippen LogP contribution is -2.38. The van der Waals surface area contributed by atoms with Gasteiger partial charge in [0.05, 0.1) is 30.2 Å². The number of anilines is 1. The summed E-state index contributed by atoms with van der Waals surface area (Å²) in [4.78, 5) is 15.9. The SMILES string of the molecule is Cc1cc(C)n(-c2ccc(NC(=O)N[C@H](C)CO)cn2)n1. The zero-order chi connectivity index (χ0) is 15.4. The molecule has 21 heavy (non-hydrogen) atoms. The van der Waals surface area contributed by atoms with E-state index in [-0.39, 0.29) is 18.7 Å². The summed E-state index contributed by atoms with van der Waals surface area (Å²) in [6.45, 7) is 5.48. The third-order valence-electron chi connectivity index (χ3n) is 2.88. The average Bonchev–Trinajstić information content (AvgIpc) is 2.78. The Balaban J connectivity index is 2.05. The van der Waals surface area contributed by atoms with Gasteiger partial charge in [-0.2, -0.15) is 5.10 Å². The topological polar surface area (TPSA) is 92.1 Å². The second kappa shape index (κ2) is 6.36. The van der Waals surface area contributed by atoms with Crippen molar-refractivity contribution in [1.82, 2.24) is 20.1 Å². The summed E-state index contributed by atoms with van der Waals surface area (Å²) in [6, 6.07) is 4.83. The molecule has 0 aliphatic rings. The average molecular weight is 289 g/mol. The summed E-state index contributed by atoms with van der Waals surface area (Å²) in [5.41, 5.74) is 2.49. The molecule has 2 aromatic rings. The summed E-state index contributed by atoms with van der Waals surface area (Å²) in [5.74, 6) is 0.690. The molecule has 3 N–H and O–H groups in total. The van der Waals surface area contributed by atoms with Crippen LogP contribution in [-0.2, 0) is 0 Å². The minimum Gasteiger partial charge on any atom is -0.394 e. The summed E-state index contributed by atoms with van der Waals surface area (Å²) in [7, 11) is 0. The normalized spacial score (nSPS) is 12.0. The van der Waals surface area contributed by atoms with Crippen LogP contribution in [0.3, 0.4) is 0 Å². The Hall–Kier alpha value is -2.41. The summed E-state index contributed by atoms with van der Waals surface area (Å²) >= 11 is 0. The van der Waals surface area contributed by atoms with Crippen molar-refractivity contribution < 1.29 is 9.90 Å². The lowest BCUT2D eigenvalue weighted by Gasteiger charge is -2.12. The molecule has 0 unspecified atom stereocenters. The predicted octanol–water partition coefficient (Wildman–Crippen LogP) is 1.39. The van der Waals surface area contributed by atoms with Crippen molar-refractivity contribution in [1.29, 1.82) is 0 Å². The lowest BCUT2D eigenvalue weighted by atomic mass is 10.3. The maximum absolute atomic E-state index is 11.6. The van der Waals surface area contributed by atoms with Crippen molar-refractivity contribution in [3.05, 3.63) is 35.8 Å². The number of aliphatic hydroxyl groups excluding tert-OH is 1. The number of aliphatic hydroxyl groups is 1. The number of urea groups is 1. The molecular weight excluding hydrogens is 270 g/mol. The standard InChI is InChI=1S/C14H19N5O2/c1-9-6-11(3)19(18-9)13-5-4-12(7-15-13)17-14(21)16-10(2)8-20/h4-7,10,20H,8H2,1-3H3,(H2,16,17,21)/t10-/m1/s1. The van der Waals surface area contributed by atoms with Crippen LogP contribution in [0.5, 0.6) is 0 Å². The van der Waals surface area contributed by atoms with Crippen LogP contribution < -0.4 is 10.6 Å². The number of amides is 2. The first-order valence-corrected chi connectivity index (χ1v) is 6.67. The number of hydrogen-bond acceptors (Lipinski definition) is 4. The fraction of sp³-hybridized carbons (Fsp3) is 0.357. The van der Waals surface area contributed by atoms with E-state index in [1.54, 1.807) is 29.9 Å². The molecule has 0 aromatic carbocycles. The number of aryl methyl sites for hydroxylation is 2. The van der Waals surface area contributed by atoms with Crippen molar-refractivity contribution in [3.8, 4) is 5.82 Å². The molecule has 0 radical (unpaired) electrons. The lowest BCUT2D eigenvalue weighted by molar-refractivity contribution is 0.229. The summed E-state index contributed by atoms with van der Waals surface area (Å²) in [6.07, 6.45) is 1.56. The molecule has 0 saturated heterocycles. The molecule has 7 heteroatoms. The summed E-state index contributed by atoms with van der Waals surface area (Å²) in [5, 5.41) is 18.5. The van der Waals surface area contributed by atoms with Crippen LogP contribution in [0.1, 0.15) is 18.3 Å². The molecule has 0 spiro atoms. The van der Waals surface area contributed by atoms with Crippen molar-refractivity contribution in [2.75, 3.05) is 11.9 Å². The number of rotatable bonds is 4. The number of nitrogens with one attached hydrogen (secondary N) is 2. The molecule has 0 aliphatic heterocycles. The smallest absolute Gasteiger partial charge is 0.319 e. The number of hydrogen-bond donors (Lipinski definition) is 3. The molecule has 2 amide bonds. The quantitative estimate of drug-likeness (QED) is 0.793. The van der Waals surface area contributed by atoms with E-state index in [0.717, 1.165) is 11.4 Å². The van der Waals surface area contributed by atoms with E-state index >= 15 is 0 Å². The van der Waals surface area contributed by atoms with Gasteiger partial charge < -0.3 is 15.7 Å². The van der Waals surface area contributed by atoms with Gasteiger partial charge in [-0.3, -0.25) is 0 Å². The number of carbonyl (C=O) groups is 1. The highest BCUT2D eigenvalue weighted by atomic mass is 16.3. The van der Waals surface area contributed by atoms with Crippen molar-refractivity contribution >= 4 is 11.7 Å². The fourth-order valence-corrected chi connectivity index (χ4v) is 1.88. The fourth-order valence-electron chi connectivity index (χ4n) is 1.88. The molecule has 0 fully saturated rings. The van der Waals surface area contributed by atoms with Gasteiger partial charge in [-0.05, 0) is 39.0 Å². The van der Waals surface area contributed by atoms with Crippen LogP contribution in [0.2, 0.25) is 0 Å². The Labute approximate surface area is 123 Å². The first-order chi connectivity index (χ1) is 9.99. The molecule has 0 aliphatic carbocycles. The van der Waals surface area contributed by atoms with E-state index in [1.807, 2.05) is 19.9 Å². The minimum absolute atomic E-state index is 0.109. The summed E-state index contributed by atoms with van der Waals surface area (Å²) < 4.78 is 1.74. The van der Waals surface area contributed by atoms with Gasteiger partial charge in [-0.15, -0.1) is 0 Å². The predicted molar refractivity (Wildman–Crippen MR) is 79.5 cm³/mol. The van der Waals surface area contributed by atoms with Gasteiger partial charge in [-0.1, -0.05) is 0 Å². The van der Waals surface area contributed by atoms with Gasteiger partial charge in [-0.25, -0.2) is 14.5 Å².